The zero-order valence-corrected chi connectivity index (χ0v) is 9.53. The normalized spacial score (nSPS) is 28.6. The minimum atomic E-state index is 0.0196. The first-order chi connectivity index (χ1) is 6.75. The van der Waals surface area contributed by atoms with Crippen LogP contribution in [0.15, 0.2) is 0 Å². The molecule has 0 aromatic heterocycles. The second-order valence-corrected chi connectivity index (χ2v) is 6.12. The van der Waals surface area contributed by atoms with Gasteiger partial charge < -0.3 is 4.90 Å². The Hall–Kier alpha value is -0.160. The predicted molar refractivity (Wildman–Crippen MR) is 59.8 cm³/mol. The SMILES string of the molecule is O=C1CC(=O)N(CC2CSCCS2)C1. The number of nitrogens with zero attached hydrogens (tertiary/aromatic N) is 1. The molecule has 1 unspecified atom stereocenters. The maximum atomic E-state index is 11.3. The Morgan fingerprint density at radius 1 is 1.36 bits per heavy atom. The van der Waals surface area contributed by atoms with E-state index in [4.69, 9.17) is 0 Å². The summed E-state index contributed by atoms with van der Waals surface area (Å²) in [6.07, 6.45) is 0.129. The predicted octanol–water partition coefficient (Wildman–Crippen LogP) is 0.636. The Balaban J connectivity index is 1.84. The fourth-order valence-electron chi connectivity index (χ4n) is 1.69. The Kier molecular flexibility index (Phi) is 3.38. The van der Waals surface area contributed by atoms with Crippen molar-refractivity contribution < 1.29 is 9.59 Å². The topological polar surface area (TPSA) is 37.4 Å². The summed E-state index contributed by atoms with van der Waals surface area (Å²) in [5.74, 6) is 3.59. The summed E-state index contributed by atoms with van der Waals surface area (Å²) < 4.78 is 0. The molecule has 3 nitrogen and oxygen atoms in total. The lowest BCUT2D eigenvalue weighted by Gasteiger charge is -2.25. The van der Waals surface area contributed by atoms with Gasteiger partial charge in [-0.3, -0.25) is 9.59 Å². The molecule has 0 saturated carbocycles. The van der Waals surface area contributed by atoms with Crippen LogP contribution in [0.5, 0.6) is 0 Å². The van der Waals surface area contributed by atoms with Gasteiger partial charge in [0.05, 0.1) is 13.0 Å². The molecular weight excluding hydrogens is 218 g/mol. The number of carbonyl (C=O) groups is 2. The summed E-state index contributed by atoms with van der Waals surface area (Å²) in [5.41, 5.74) is 0. The van der Waals surface area contributed by atoms with Gasteiger partial charge in [-0.25, -0.2) is 0 Å². The van der Waals surface area contributed by atoms with E-state index in [1.165, 1.54) is 11.5 Å². The van der Waals surface area contributed by atoms with E-state index in [-0.39, 0.29) is 18.1 Å². The van der Waals surface area contributed by atoms with Gasteiger partial charge >= 0.3 is 0 Å². The number of hydrogen-bond acceptors (Lipinski definition) is 4. The molecule has 2 rings (SSSR count). The largest absolute Gasteiger partial charge is 0.334 e. The molecule has 78 valence electrons. The lowest BCUT2D eigenvalue weighted by atomic mass is 10.3. The molecule has 0 aliphatic carbocycles. The third kappa shape index (κ3) is 2.45. The fraction of sp³-hybridized carbons (Fsp3) is 0.778. The van der Waals surface area contributed by atoms with Crippen LogP contribution >= 0.6 is 23.5 Å². The van der Waals surface area contributed by atoms with E-state index < -0.39 is 0 Å². The highest BCUT2D eigenvalue weighted by molar-refractivity contribution is 8.06. The number of hydrogen-bond donors (Lipinski definition) is 0. The van der Waals surface area contributed by atoms with Crippen LogP contribution in [0, 0.1) is 0 Å². The molecule has 2 saturated heterocycles. The maximum Gasteiger partial charge on any atom is 0.230 e. The molecule has 1 atom stereocenters. The molecule has 0 radical (unpaired) electrons. The van der Waals surface area contributed by atoms with Gasteiger partial charge in [0, 0.05) is 29.1 Å². The van der Waals surface area contributed by atoms with Crippen molar-refractivity contribution in [2.24, 2.45) is 0 Å². The standard InChI is InChI=1S/C9H13NO2S2/c11-7-3-9(12)10(4-7)5-8-6-13-1-2-14-8/h8H,1-6H2. The van der Waals surface area contributed by atoms with Gasteiger partial charge in [0.2, 0.25) is 5.91 Å². The molecule has 0 aromatic rings. The van der Waals surface area contributed by atoms with E-state index in [0.717, 1.165) is 12.3 Å². The first-order valence-corrected chi connectivity index (χ1v) is 6.95. The van der Waals surface area contributed by atoms with Crippen molar-refractivity contribution in [3.63, 3.8) is 0 Å². The molecule has 1 amide bonds. The summed E-state index contributed by atoms with van der Waals surface area (Å²) in [6, 6.07) is 0. The second-order valence-electron chi connectivity index (χ2n) is 3.56. The third-order valence-electron chi connectivity index (χ3n) is 2.38. The summed E-state index contributed by atoms with van der Waals surface area (Å²) in [4.78, 5) is 24.1. The third-order valence-corrected chi connectivity index (χ3v) is 5.20. The van der Waals surface area contributed by atoms with Crippen molar-refractivity contribution in [2.75, 3.05) is 30.3 Å². The molecule has 0 N–H and O–H groups in total. The number of thioether (sulfide) groups is 2. The van der Waals surface area contributed by atoms with Gasteiger partial charge in [0.15, 0.2) is 5.78 Å². The molecule has 2 aliphatic rings. The zero-order chi connectivity index (χ0) is 9.97. The summed E-state index contributed by atoms with van der Waals surface area (Å²) in [7, 11) is 0. The molecule has 0 aromatic carbocycles. The van der Waals surface area contributed by atoms with Crippen molar-refractivity contribution in [1.82, 2.24) is 4.90 Å². The Morgan fingerprint density at radius 3 is 2.79 bits per heavy atom. The fourth-order valence-corrected chi connectivity index (χ4v) is 4.38. The number of carbonyl (C=O) groups excluding carboxylic acids is 2. The number of Topliss-reactive ketones (excluding diaryl/α,β-unsaturated/α-hetero) is 1. The Bertz CT molecular complexity index is 251. The van der Waals surface area contributed by atoms with Crippen molar-refractivity contribution in [3.05, 3.63) is 0 Å². The highest BCUT2D eigenvalue weighted by Crippen LogP contribution is 2.25. The van der Waals surface area contributed by atoms with Crippen LogP contribution < -0.4 is 0 Å². The van der Waals surface area contributed by atoms with Crippen LogP contribution in [0.25, 0.3) is 0 Å². The number of rotatable bonds is 2. The lowest BCUT2D eigenvalue weighted by molar-refractivity contribution is -0.127. The van der Waals surface area contributed by atoms with Crippen LogP contribution in [-0.2, 0) is 9.59 Å². The molecule has 14 heavy (non-hydrogen) atoms. The molecule has 2 heterocycles. The van der Waals surface area contributed by atoms with Gasteiger partial charge in [-0.2, -0.15) is 23.5 Å². The monoisotopic (exact) mass is 231 g/mol. The summed E-state index contributed by atoms with van der Waals surface area (Å²) in [5, 5.41) is 0.531. The molecule has 2 aliphatic heterocycles. The van der Waals surface area contributed by atoms with Gasteiger partial charge in [0.1, 0.15) is 0 Å². The molecule has 5 heteroatoms. The zero-order valence-electron chi connectivity index (χ0n) is 7.90. The molecular formula is C9H13NO2S2. The van der Waals surface area contributed by atoms with Crippen molar-refractivity contribution in [1.29, 1.82) is 0 Å². The van der Waals surface area contributed by atoms with Gasteiger partial charge in [-0.15, -0.1) is 0 Å². The second kappa shape index (κ2) is 4.57. The van der Waals surface area contributed by atoms with Crippen LogP contribution in [0.1, 0.15) is 6.42 Å². The van der Waals surface area contributed by atoms with E-state index in [2.05, 4.69) is 0 Å². The quantitative estimate of drug-likeness (QED) is 0.654. The van der Waals surface area contributed by atoms with E-state index in [0.29, 0.717) is 11.8 Å². The van der Waals surface area contributed by atoms with Gasteiger partial charge in [-0.05, 0) is 0 Å². The highest BCUT2D eigenvalue weighted by atomic mass is 32.2. The Labute approximate surface area is 92.0 Å². The number of likely N-dealkylation sites (tertiary alicyclic amines) is 1. The van der Waals surface area contributed by atoms with Crippen LogP contribution in [-0.4, -0.2) is 52.2 Å². The van der Waals surface area contributed by atoms with Crippen LogP contribution in [0.4, 0.5) is 0 Å². The molecule has 0 bridgehead atoms. The first-order valence-electron chi connectivity index (χ1n) is 4.74. The van der Waals surface area contributed by atoms with E-state index >= 15 is 0 Å². The van der Waals surface area contributed by atoms with E-state index in [1.807, 2.05) is 23.5 Å². The Morgan fingerprint density at radius 2 is 2.21 bits per heavy atom. The van der Waals surface area contributed by atoms with E-state index in [9.17, 15) is 9.59 Å². The molecule has 0 spiro atoms. The van der Waals surface area contributed by atoms with Gasteiger partial charge in [-0.1, -0.05) is 0 Å². The first kappa shape index (κ1) is 10.4. The van der Waals surface area contributed by atoms with Gasteiger partial charge in [0.25, 0.3) is 0 Å². The lowest BCUT2D eigenvalue weighted by Crippen LogP contribution is -2.34. The van der Waals surface area contributed by atoms with E-state index in [1.54, 1.807) is 4.90 Å². The maximum absolute atomic E-state index is 11.3. The summed E-state index contributed by atoms with van der Waals surface area (Å²) >= 11 is 3.87. The smallest absolute Gasteiger partial charge is 0.230 e. The van der Waals surface area contributed by atoms with Crippen LogP contribution in [0.3, 0.4) is 0 Å². The number of ketones is 1. The molecule has 2 fully saturated rings. The average molecular weight is 231 g/mol. The van der Waals surface area contributed by atoms with Crippen molar-refractivity contribution in [3.8, 4) is 0 Å². The minimum Gasteiger partial charge on any atom is -0.334 e. The average Bonchev–Trinajstić information content (AvgIpc) is 2.47. The minimum absolute atomic E-state index is 0.0196. The van der Waals surface area contributed by atoms with Crippen molar-refractivity contribution >= 4 is 35.2 Å². The van der Waals surface area contributed by atoms with Crippen molar-refractivity contribution in [2.45, 2.75) is 11.7 Å². The summed E-state index contributed by atoms with van der Waals surface area (Å²) in [6.45, 7) is 1.11. The highest BCUT2D eigenvalue weighted by Gasteiger charge is 2.29. The van der Waals surface area contributed by atoms with Crippen LogP contribution in [0.2, 0.25) is 0 Å². The number of amides is 1.